The minimum Gasteiger partial charge on any atom is -0.316 e. The molecule has 4 heterocycles. The van der Waals surface area contributed by atoms with Crippen molar-refractivity contribution in [2.45, 2.75) is 71.1 Å². The van der Waals surface area contributed by atoms with Crippen LogP contribution in [-0.2, 0) is 26.2 Å². The first-order valence-corrected chi connectivity index (χ1v) is 32.4. The van der Waals surface area contributed by atoms with Gasteiger partial charge in [0.25, 0.3) is 0 Å². The summed E-state index contributed by atoms with van der Waals surface area (Å²) in [6.07, 6.45) is 6.06. The fraction of sp³-hybridized carbons (Fsp3) is 0.210. The van der Waals surface area contributed by atoms with Crippen LogP contribution in [0, 0.1) is 81.6 Å². The lowest BCUT2D eigenvalue weighted by Crippen LogP contribution is -2.51. The summed E-state index contributed by atoms with van der Waals surface area (Å²) in [7, 11) is 0. The summed E-state index contributed by atoms with van der Waals surface area (Å²) in [6.45, 7) is 4.31. The number of hydrogen-bond donors (Lipinski definition) is 0. The molecule has 0 bridgehead atoms. The van der Waals surface area contributed by atoms with Crippen molar-refractivity contribution < 1.29 is 61.7 Å². The molecular weight excluding hydrogens is 1230 g/mol. The normalized spacial score (nSPS) is 16.7. The van der Waals surface area contributed by atoms with Crippen LogP contribution in [0.1, 0.15) is 67.2 Å². The lowest BCUT2D eigenvalue weighted by molar-refractivity contribution is -0.958. The van der Waals surface area contributed by atoms with Crippen LogP contribution in [0.15, 0.2) is 170 Å². The highest BCUT2D eigenvalue weighted by Gasteiger charge is 2.44. The minimum absolute atomic E-state index is 0.164. The zero-order chi connectivity index (χ0) is 65.3. The zero-order valence-electron chi connectivity index (χ0n) is 51.4. The molecule has 2 nitrogen and oxygen atoms in total. The number of hydrogen-bond acceptors (Lipinski definition) is 0. The van der Waals surface area contributed by atoms with E-state index in [4.69, 9.17) is 0 Å². The molecule has 0 amide bonds. The predicted octanol–water partition coefficient (Wildman–Crippen LogP) is 22.3. The van der Waals surface area contributed by atoms with Gasteiger partial charge in [-0.15, -0.1) is 0 Å². The Morgan fingerprint density at radius 2 is 0.484 bits per heavy atom. The molecule has 0 aromatic heterocycles. The van der Waals surface area contributed by atoms with Gasteiger partial charge in [-0.3, -0.25) is 0 Å². The fourth-order valence-corrected chi connectivity index (χ4v) is 16.9. The SMILES string of the molecule is Fc1cc(-c2cc3ccccc3c3c2C[N+]2(CCC(CCCC4CC[N+]5(CC4)Cc4c(-c6cc(F)c(F)c(F)c6)cc6ccccc6c4-c4c(c(-c6cc(F)c(F)c(F)c6)cc6ccccc46)C5)CC2)Cc2c(-c4cc(F)c(F)c(F)c4)cc4ccccc4c2-3)cc(F)c1F. The molecule has 2 spiro atoms. The van der Waals surface area contributed by atoms with Crippen LogP contribution in [-0.4, -0.2) is 35.1 Å². The topological polar surface area (TPSA) is 0 Å². The number of fused-ring (bicyclic) bond motifs is 14. The molecule has 12 aromatic rings. The Balaban J connectivity index is 0.727. The Morgan fingerprint density at radius 3 is 0.705 bits per heavy atom. The predicted molar refractivity (Wildman–Crippen MR) is 349 cm³/mol. The lowest BCUT2D eigenvalue weighted by atomic mass is 9.82. The van der Waals surface area contributed by atoms with E-state index in [1.165, 1.54) is 0 Å². The number of rotatable bonds is 8. The third-order valence-electron chi connectivity index (χ3n) is 21.6. The van der Waals surface area contributed by atoms with Crippen molar-refractivity contribution in [2.24, 2.45) is 11.8 Å². The third kappa shape index (κ3) is 10.4. The van der Waals surface area contributed by atoms with E-state index in [9.17, 15) is 17.6 Å². The Morgan fingerprint density at radius 1 is 0.274 bits per heavy atom. The van der Waals surface area contributed by atoms with Gasteiger partial charge in [0.2, 0.25) is 0 Å². The van der Waals surface area contributed by atoms with Gasteiger partial charge in [0.1, 0.15) is 26.2 Å². The maximum atomic E-state index is 15.5. The van der Waals surface area contributed by atoms with Gasteiger partial charge in [0.15, 0.2) is 69.8 Å². The molecular formula is C81H60F12N2+2. The summed E-state index contributed by atoms with van der Waals surface area (Å²) in [5.41, 5.74) is 9.14. The standard InChI is InChI=1S/C81H60F12N2/c82-66-32-50(33-67(83)78(66)90)58-28-46-12-1-5-16-54(46)74-62(58)40-94(41-63-59(51-34-68(84)79(91)69(85)35-51)29-47-13-2-6-17-55(47)75(63)74)24-20-44(21-25-94)10-9-11-45-22-26-95(27-23-45)42-64-60(52-36-70(86)80(92)71(87)37-52)30-48-14-3-7-18-56(48)76(64)77-57-19-8-4-15-49(57)31-61(65(77)43-95)53-38-72(88)81(93)73(89)39-53/h1-8,12-19,28-39,44-45H,9-11,20-27,40-43H2/q+2. The second kappa shape index (κ2) is 23.3. The van der Waals surface area contributed by atoms with Gasteiger partial charge in [-0.1, -0.05) is 116 Å². The van der Waals surface area contributed by atoms with E-state index in [0.29, 0.717) is 95.4 Å². The van der Waals surface area contributed by atoms with Crippen molar-refractivity contribution in [2.75, 3.05) is 26.2 Å². The number of nitrogens with zero attached hydrogens (tertiary/aromatic N) is 2. The molecule has 0 unspecified atom stereocenters. The van der Waals surface area contributed by atoms with E-state index in [-0.39, 0.29) is 22.3 Å². The van der Waals surface area contributed by atoms with E-state index >= 15 is 35.1 Å². The second-order valence-corrected chi connectivity index (χ2v) is 27.0. The van der Waals surface area contributed by atoms with Crippen LogP contribution >= 0.6 is 0 Å². The van der Waals surface area contributed by atoms with Crippen LogP contribution < -0.4 is 0 Å². The van der Waals surface area contributed by atoms with Gasteiger partial charge in [-0.25, -0.2) is 52.7 Å². The maximum Gasteiger partial charge on any atom is 0.194 e. The van der Waals surface area contributed by atoms with Crippen LogP contribution in [0.2, 0.25) is 0 Å². The van der Waals surface area contributed by atoms with E-state index in [1.807, 2.05) is 121 Å². The van der Waals surface area contributed by atoms with Crippen molar-refractivity contribution in [1.82, 2.24) is 0 Å². The molecule has 476 valence electrons. The summed E-state index contributed by atoms with van der Waals surface area (Å²) in [6, 6.07) is 46.6. The molecule has 95 heavy (non-hydrogen) atoms. The van der Waals surface area contributed by atoms with Crippen molar-refractivity contribution in [3.8, 4) is 66.8 Å². The van der Waals surface area contributed by atoms with Gasteiger partial charge in [-0.05, 0) is 198 Å². The van der Waals surface area contributed by atoms with E-state index in [2.05, 4.69) is 0 Å². The monoisotopic (exact) mass is 1290 g/mol. The summed E-state index contributed by atoms with van der Waals surface area (Å²) >= 11 is 0. The summed E-state index contributed by atoms with van der Waals surface area (Å²) in [5, 5.41) is 6.42. The lowest BCUT2D eigenvalue weighted by Gasteiger charge is -2.45. The second-order valence-electron chi connectivity index (χ2n) is 27.0. The third-order valence-corrected chi connectivity index (χ3v) is 21.6. The molecule has 4 aliphatic rings. The highest BCUT2D eigenvalue weighted by atomic mass is 19.2. The van der Waals surface area contributed by atoms with Gasteiger partial charge in [0, 0.05) is 44.5 Å². The van der Waals surface area contributed by atoms with Crippen molar-refractivity contribution in [1.29, 1.82) is 0 Å². The number of benzene rings is 12. The van der Waals surface area contributed by atoms with Crippen LogP contribution in [0.5, 0.6) is 0 Å². The number of halogens is 12. The van der Waals surface area contributed by atoms with Gasteiger partial charge in [0.05, 0.1) is 26.2 Å². The molecule has 16 rings (SSSR count). The molecule has 12 aromatic carbocycles. The highest BCUT2D eigenvalue weighted by molar-refractivity contribution is 6.14. The van der Waals surface area contributed by atoms with Crippen LogP contribution in [0.4, 0.5) is 52.7 Å². The number of quaternary nitrogens is 2. The first-order valence-electron chi connectivity index (χ1n) is 32.4. The Hall–Kier alpha value is -9.24. The molecule has 0 saturated carbocycles. The van der Waals surface area contributed by atoms with Gasteiger partial charge < -0.3 is 8.97 Å². The van der Waals surface area contributed by atoms with E-state index in [0.717, 1.165) is 181 Å². The molecule has 0 aliphatic carbocycles. The Bertz CT molecular complexity index is 4480. The molecule has 2 fully saturated rings. The fourth-order valence-electron chi connectivity index (χ4n) is 16.9. The molecule has 14 heteroatoms. The average molecular weight is 1290 g/mol. The van der Waals surface area contributed by atoms with Gasteiger partial charge >= 0.3 is 0 Å². The first-order chi connectivity index (χ1) is 45.9. The van der Waals surface area contributed by atoms with E-state index < -0.39 is 69.8 Å². The summed E-state index contributed by atoms with van der Waals surface area (Å²) in [5.74, 6) is -16.3. The Labute approximate surface area is 540 Å². The minimum atomic E-state index is -1.58. The largest absolute Gasteiger partial charge is 0.316 e. The number of piperidine rings is 2. The summed E-state index contributed by atoms with van der Waals surface area (Å²) < 4.78 is 184. The van der Waals surface area contributed by atoms with Crippen LogP contribution in [0.25, 0.3) is 110 Å². The molecule has 4 aliphatic heterocycles. The van der Waals surface area contributed by atoms with E-state index in [1.54, 1.807) is 0 Å². The highest BCUT2D eigenvalue weighted by Crippen LogP contribution is 2.54. The van der Waals surface area contributed by atoms with Crippen molar-refractivity contribution in [3.05, 3.63) is 262 Å². The molecule has 0 N–H and O–H groups in total. The molecule has 0 atom stereocenters. The average Bonchev–Trinajstić information content (AvgIpc) is 1.64. The quantitative estimate of drug-likeness (QED) is 0.0808. The van der Waals surface area contributed by atoms with Crippen molar-refractivity contribution in [3.63, 3.8) is 0 Å². The maximum absolute atomic E-state index is 15.5. The first kappa shape index (κ1) is 60.7. The van der Waals surface area contributed by atoms with Crippen LogP contribution in [0.3, 0.4) is 0 Å². The molecule has 0 radical (unpaired) electrons. The summed E-state index contributed by atoms with van der Waals surface area (Å²) in [4.78, 5) is 0. The zero-order valence-corrected chi connectivity index (χ0v) is 51.4. The van der Waals surface area contributed by atoms with Gasteiger partial charge in [-0.2, -0.15) is 0 Å². The Kier molecular flexibility index (Phi) is 14.9. The van der Waals surface area contributed by atoms with Crippen molar-refractivity contribution >= 4 is 43.1 Å². The molecule has 2 saturated heterocycles. The smallest absolute Gasteiger partial charge is 0.194 e.